The minimum absolute atomic E-state index is 0.238. The molecule has 0 bridgehead atoms. The number of hydrogen-bond donors (Lipinski definition) is 1. The van der Waals surface area contributed by atoms with Crippen molar-refractivity contribution in [3.63, 3.8) is 0 Å². The van der Waals surface area contributed by atoms with Gasteiger partial charge in [-0.15, -0.1) is 0 Å². The van der Waals surface area contributed by atoms with Gasteiger partial charge in [0.15, 0.2) is 0 Å². The molecule has 2 rings (SSSR count). The summed E-state index contributed by atoms with van der Waals surface area (Å²) >= 11 is 5.96. The Kier molecular flexibility index (Phi) is 5.87. The van der Waals surface area contributed by atoms with E-state index in [-0.39, 0.29) is 5.92 Å². The summed E-state index contributed by atoms with van der Waals surface area (Å²) in [5.74, 6) is 1.19. The fourth-order valence-electron chi connectivity index (χ4n) is 2.64. The lowest BCUT2D eigenvalue weighted by Crippen LogP contribution is -2.16. The second-order valence-electron chi connectivity index (χ2n) is 5.67. The number of rotatable bonds is 6. The maximum Gasteiger partial charge on any atom is 0.123 e. The van der Waals surface area contributed by atoms with Crippen molar-refractivity contribution in [2.45, 2.75) is 33.1 Å². The van der Waals surface area contributed by atoms with E-state index >= 15 is 0 Å². The van der Waals surface area contributed by atoms with Gasteiger partial charge in [0.2, 0.25) is 0 Å². The number of nitrogens with two attached hydrogens (primary N) is 1. The molecule has 2 N–H and O–H groups in total. The van der Waals surface area contributed by atoms with Gasteiger partial charge in [-0.2, -0.15) is 0 Å². The average Bonchev–Trinajstić information content (AvgIpc) is 2.51. The second kappa shape index (κ2) is 7.66. The van der Waals surface area contributed by atoms with Gasteiger partial charge in [-0.25, -0.2) is 0 Å². The van der Waals surface area contributed by atoms with Gasteiger partial charge >= 0.3 is 0 Å². The zero-order valence-corrected chi connectivity index (χ0v) is 14.3. The standard InChI is InChI=1S/C19H24ClNO/c1-4-22-19-10-14(3)13(2)9-18(19)16(12-21)11-15-5-7-17(20)8-6-15/h5-10,16H,4,11-12,21H2,1-3H3. The SMILES string of the molecule is CCOc1cc(C)c(C)cc1C(CN)Cc1ccc(Cl)cc1. The van der Waals surface area contributed by atoms with E-state index in [2.05, 4.69) is 38.1 Å². The Morgan fingerprint density at radius 3 is 2.32 bits per heavy atom. The third-order valence-electron chi connectivity index (χ3n) is 4.05. The van der Waals surface area contributed by atoms with Crippen LogP contribution in [0.1, 0.15) is 35.1 Å². The fraction of sp³-hybridized carbons (Fsp3) is 0.368. The molecule has 0 spiro atoms. The van der Waals surface area contributed by atoms with Crippen LogP contribution >= 0.6 is 11.6 Å². The summed E-state index contributed by atoms with van der Waals surface area (Å²) in [5, 5.41) is 0.759. The highest BCUT2D eigenvalue weighted by Crippen LogP contribution is 2.32. The van der Waals surface area contributed by atoms with Gasteiger partial charge in [0.05, 0.1) is 6.61 Å². The van der Waals surface area contributed by atoms with E-state index < -0.39 is 0 Å². The van der Waals surface area contributed by atoms with Gasteiger partial charge in [0.25, 0.3) is 0 Å². The third kappa shape index (κ3) is 4.02. The maximum absolute atomic E-state index is 6.05. The zero-order valence-electron chi connectivity index (χ0n) is 13.5. The van der Waals surface area contributed by atoms with Crippen LogP contribution < -0.4 is 10.5 Å². The Morgan fingerprint density at radius 2 is 1.73 bits per heavy atom. The Bertz CT molecular complexity index is 622. The lowest BCUT2D eigenvalue weighted by atomic mass is 9.89. The summed E-state index contributed by atoms with van der Waals surface area (Å²) < 4.78 is 5.84. The molecule has 0 aliphatic heterocycles. The third-order valence-corrected chi connectivity index (χ3v) is 4.30. The Balaban J connectivity index is 2.33. The molecule has 1 atom stereocenters. The quantitative estimate of drug-likeness (QED) is 0.842. The largest absolute Gasteiger partial charge is 0.494 e. The van der Waals surface area contributed by atoms with Crippen LogP contribution in [0.3, 0.4) is 0 Å². The molecule has 22 heavy (non-hydrogen) atoms. The van der Waals surface area contributed by atoms with Crippen molar-refractivity contribution in [3.8, 4) is 5.75 Å². The lowest BCUT2D eigenvalue weighted by Gasteiger charge is -2.21. The topological polar surface area (TPSA) is 35.2 Å². The predicted octanol–water partition coefficient (Wildman–Crippen LogP) is 4.64. The highest BCUT2D eigenvalue weighted by molar-refractivity contribution is 6.30. The van der Waals surface area contributed by atoms with Crippen molar-refractivity contribution in [2.75, 3.05) is 13.2 Å². The highest BCUT2D eigenvalue weighted by atomic mass is 35.5. The van der Waals surface area contributed by atoms with Crippen molar-refractivity contribution in [1.29, 1.82) is 0 Å². The van der Waals surface area contributed by atoms with Gasteiger partial charge in [-0.3, -0.25) is 0 Å². The van der Waals surface area contributed by atoms with Crippen LogP contribution in [-0.2, 0) is 6.42 Å². The minimum atomic E-state index is 0.238. The molecule has 0 heterocycles. The lowest BCUT2D eigenvalue weighted by molar-refractivity contribution is 0.333. The van der Waals surface area contributed by atoms with Gasteiger partial charge in [-0.05, 0) is 74.2 Å². The Hall–Kier alpha value is -1.51. The van der Waals surface area contributed by atoms with E-state index in [4.69, 9.17) is 22.1 Å². The molecule has 0 saturated carbocycles. The van der Waals surface area contributed by atoms with Crippen LogP contribution in [0, 0.1) is 13.8 Å². The molecule has 2 aromatic rings. The van der Waals surface area contributed by atoms with Crippen molar-refractivity contribution >= 4 is 11.6 Å². The van der Waals surface area contributed by atoms with Gasteiger partial charge in [0, 0.05) is 10.9 Å². The molecule has 0 aromatic heterocycles. The van der Waals surface area contributed by atoms with Crippen LogP contribution in [-0.4, -0.2) is 13.2 Å². The molecule has 0 amide bonds. The number of halogens is 1. The number of aryl methyl sites for hydroxylation is 2. The highest BCUT2D eigenvalue weighted by Gasteiger charge is 2.17. The van der Waals surface area contributed by atoms with E-state index in [9.17, 15) is 0 Å². The number of hydrogen-bond acceptors (Lipinski definition) is 2. The molecular formula is C19H24ClNO. The maximum atomic E-state index is 6.05. The molecule has 1 unspecified atom stereocenters. The minimum Gasteiger partial charge on any atom is -0.494 e. The first-order valence-electron chi connectivity index (χ1n) is 7.73. The smallest absolute Gasteiger partial charge is 0.123 e. The first-order chi connectivity index (χ1) is 10.5. The monoisotopic (exact) mass is 317 g/mol. The summed E-state index contributed by atoms with van der Waals surface area (Å²) in [6, 6.07) is 12.3. The first-order valence-corrected chi connectivity index (χ1v) is 8.11. The van der Waals surface area contributed by atoms with Crippen molar-refractivity contribution in [3.05, 3.63) is 63.7 Å². The molecule has 0 fully saturated rings. The predicted molar refractivity (Wildman–Crippen MR) is 94.0 cm³/mol. The molecule has 0 saturated heterocycles. The summed E-state index contributed by atoms with van der Waals surface area (Å²) in [7, 11) is 0. The average molecular weight is 318 g/mol. The number of benzene rings is 2. The van der Waals surface area contributed by atoms with Crippen LogP contribution in [0.15, 0.2) is 36.4 Å². The van der Waals surface area contributed by atoms with Crippen LogP contribution in [0.4, 0.5) is 0 Å². The van der Waals surface area contributed by atoms with Gasteiger partial charge < -0.3 is 10.5 Å². The van der Waals surface area contributed by atoms with Gasteiger partial charge in [-0.1, -0.05) is 29.8 Å². The van der Waals surface area contributed by atoms with E-state index in [0.29, 0.717) is 13.2 Å². The van der Waals surface area contributed by atoms with Crippen LogP contribution in [0.25, 0.3) is 0 Å². The molecular weight excluding hydrogens is 294 g/mol. The normalized spacial score (nSPS) is 12.2. The molecule has 0 aliphatic rings. The molecule has 118 valence electrons. The molecule has 3 heteroatoms. The second-order valence-corrected chi connectivity index (χ2v) is 6.11. The van der Waals surface area contributed by atoms with Crippen LogP contribution in [0.5, 0.6) is 5.75 Å². The Morgan fingerprint density at radius 1 is 1.09 bits per heavy atom. The van der Waals surface area contributed by atoms with E-state index in [1.165, 1.54) is 22.3 Å². The van der Waals surface area contributed by atoms with Gasteiger partial charge in [0.1, 0.15) is 5.75 Å². The Labute approximate surface area is 138 Å². The molecule has 0 radical (unpaired) electrons. The molecule has 2 nitrogen and oxygen atoms in total. The fourth-order valence-corrected chi connectivity index (χ4v) is 2.76. The summed E-state index contributed by atoms with van der Waals surface area (Å²) in [6.45, 7) is 7.50. The summed E-state index contributed by atoms with van der Waals surface area (Å²) in [4.78, 5) is 0. The van der Waals surface area contributed by atoms with E-state index in [0.717, 1.165) is 17.2 Å². The summed E-state index contributed by atoms with van der Waals surface area (Å²) in [5.41, 5.74) is 11.0. The van der Waals surface area contributed by atoms with Crippen molar-refractivity contribution < 1.29 is 4.74 Å². The van der Waals surface area contributed by atoms with E-state index in [1.54, 1.807) is 0 Å². The van der Waals surface area contributed by atoms with Crippen LogP contribution in [0.2, 0.25) is 5.02 Å². The van der Waals surface area contributed by atoms with Crippen molar-refractivity contribution in [2.24, 2.45) is 5.73 Å². The zero-order chi connectivity index (χ0) is 16.1. The first kappa shape index (κ1) is 16.9. The molecule has 0 aliphatic carbocycles. The van der Waals surface area contributed by atoms with E-state index in [1.807, 2.05) is 19.1 Å². The molecule has 2 aromatic carbocycles. The summed E-state index contributed by atoms with van der Waals surface area (Å²) in [6.07, 6.45) is 0.885. The number of ether oxygens (including phenoxy) is 1. The van der Waals surface area contributed by atoms with Crippen molar-refractivity contribution in [1.82, 2.24) is 0 Å².